The number of hydrogen-bond acceptors (Lipinski definition) is 5. The first-order chi connectivity index (χ1) is 8.81. The Labute approximate surface area is 111 Å². The van der Waals surface area contributed by atoms with Gasteiger partial charge in [0.25, 0.3) is 0 Å². The molecule has 4 nitrogen and oxygen atoms in total. The highest BCUT2D eigenvalue weighted by molar-refractivity contribution is 7.08. The molecule has 0 aliphatic heterocycles. The van der Waals surface area contributed by atoms with E-state index in [0.717, 1.165) is 30.2 Å². The van der Waals surface area contributed by atoms with Crippen molar-refractivity contribution in [3.05, 3.63) is 34.3 Å². The van der Waals surface area contributed by atoms with Crippen LogP contribution in [0.2, 0.25) is 0 Å². The van der Waals surface area contributed by atoms with Crippen molar-refractivity contribution in [2.24, 2.45) is 0 Å². The molecule has 0 spiro atoms. The zero-order valence-electron chi connectivity index (χ0n) is 10.6. The minimum atomic E-state index is 0.710. The van der Waals surface area contributed by atoms with Gasteiger partial charge >= 0.3 is 0 Å². The predicted octanol–water partition coefficient (Wildman–Crippen LogP) is 2.25. The molecule has 0 amide bonds. The summed E-state index contributed by atoms with van der Waals surface area (Å²) < 4.78 is 4.98. The molecule has 1 N–H and O–H groups in total. The van der Waals surface area contributed by atoms with Crippen molar-refractivity contribution in [3.8, 4) is 11.4 Å². The van der Waals surface area contributed by atoms with Crippen molar-refractivity contribution in [1.29, 1.82) is 0 Å². The van der Waals surface area contributed by atoms with Crippen LogP contribution in [0.3, 0.4) is 0 Å². The predicted molar refractivity (Wildman–Crippen MR) is 73.7 cm³/mol. The van der Waals surface area contributed by atoms with E-state index in [0.29, 0.717) is 6.61 Å². The van der Waals surface area contributed by atoms with Crippen LogP contribution >= 0.6 is 11.3 Å². The van der Waals surface area contributed by atoms with Gasteiger partial charge in [-0.1, -0.05) is 0 Å². The lowest BCUT2D eigenvalue weighted by Gasteiger charge is -2.05. The molecule has 0 bridgehead atoms. The monoisotopic (exact) mass is 263 g/mol. The van der Waals surface area contributed by atoms with Crippen LogP contribution in [0.1, 0.15) is 11.3 Å². The average Bonchev–Trinajstić information content (AvgIpc) is 2.81. The third-order valence-corrected chi connectivity index (χ3v) is 3.46. The Balaban J connectivity index is 2.04. The van der Waals surface area contributed by atoms with Crippen molar-refractivity contribution in [2.45, 2.75) is 13.5 Å². The second kappa shape index (κ2) is 6.58. The number of hydrogen-bond donors (Lipinski definition) is 1. The minimum absolute atomic E-state index is 0.710. The fourth-order valence-electron chi connectivity index (χ4n) is 1.60. The van der Waals surface area contributed by atoms with E-state index < -0.39 is 0 Å². The quantitative estimate of drug-likeness (QED) is 0.812. The Morgan fingerprint density at radius 2 is 2.28 bits per heavy atom. The van der Waals surface area contributed by atoms with Gasteiger partial charge in [-0.05, 0) is 23.9 Å². The summed E-state index contributed by atoms with van der Waals surface area (Å²) in [5.74, 6) is 0.805. The molecule has 2 rings (SSSR count). The zero-order valence-corrected chi connectivity index (χ0v) is 11.5. The summed E-state index contributed by atoms with van der Waals surface area (Å²) in [5, 5.41) is 7.48. The SMILES string of the molecule is COCCNCc1ccnc(-c2cscc2C)n1. The highest BCUT2D eigenvalue weighted by Gasteiger charge is 2.06. The molecule has 96 valence electrons. The fourth-order valence-corrected chi connectivity index (χ4v) is 2.43. The first-order valence-electron chi connectivity index (χ1n) is 5.86. The van der Waals surface area contributed by atoms with Gasteiger partial charge in [0.1, 0.15) is 0 Å². The van der Waals surface area contributed by atoms with E-state index in [2.05, 4.69) is 33.0 Å². The molecule has 5 heteroatoms. The standard InChI is InChI=1S/C13H17N3OS/c1-10-8-18-9-12(10)13-15-4-3-11(16-13)7-14-5-6-17-2/h3-4,8-9,14H,5-7H2,1-2H3. The van der Waals surface area contributed by atoms with Gasteiger partial charge < -0.3 is 10.1 Å². The largest absolute Gasteiger partial charge is 0.383 e. The topological polar surface area (TPSA) is 47.0 Å². The Bertz CT molecular complexity index is 498. The lowest BCUT2D eigenvalue weighted by molar-refractivity contribution is 0.199. The Morgan fingerprint density at radius 1 is 1.39 bits per heavy atom. The van der Waals surface area contributed by atoms with Crippen LogP contribution in [0.25, 0.3) is 11.4 Å². The molecule has 0 aliphatic rings. The van der Waals surface area contributed by atoms with E-state index in [9.17, 15) is 0 Å². The zero-order chi connectivity index (χ0) is 12.8. The number of aromatic nitrogens is 2. The smallest absolute Gasteiger partial charge is 0.160 e. The fraction of sp³-hybridized carbons (Fsp3) is 0.385. The molecule has 18 heavy (non-hydrogen) atoms. The van der Waals surface area contributed by atoms with Crippen molar-refractivity contribution < 1.29 is 4.74 Å². The summed E-state index contributed by atoms with van der Waals surface area (Å²) in [5.41, 5.74) is 3.35. The Kier molecular flexibility index (Phi) is 4.81. The number of rotatable bonds is 6. The number of nitrogens with one attached hydrogen (secondary N) is 1. The molecule has 0 unspecified atom stereocenters. The molecular weight excluding hydrogens is 246 g/mol. The van der Waals surface area contributed by atoms with Crippen LogP contribution in [0.15, 0.2) is 23.0 Å². The molecule has 0 fully saturated rings. The van der Waals surface area contributed by atoms with Crippen LogP contribution in [0.4, 0.5) is 0 Å². The van der Waals surface area contributed by atoms with Crippen molar-refractivity contribution in [3.63, 3.8) is 0 Å². The van der Waals surface area contributed by atoms with Gasteiger partial charge in [-0.2, -0.15) is 11.3 Å². The van der Waals surface area contributed by atoms with E-state index >= 15 is 0 Å². The van der Waals surface area contributed by atoms with Crippen LogP contribution in [0.5, 0.6) is 0 Å². The van der Waals surface area contributed by atoms with Crippen molar-refractivity contribution >= 4 is 11.3 Å². The molecule has 2 heterocycles. The van der Waals surface area contributed by atoms with E-state index in [1.165, 1.54) is 5.56 Å². The van der Waals surface area contributed by atoms with E-state index in [-0.39, 0.29) is 0 Å². The summed E-state index contributed by atoms with van der Waals surface area (Å²) in [4.78, 5) is 8.90. The van der Waals surface area contributed by atoms with Gasteiger partial charge in [-0.25, -0.2) is 9.97 Å². The van der Waals surface area contributed by atoms with E-state index in [1.807, 2.05) is 12.3 Å². The van der Waals surface area contributed by atoms with Gasteiger partial charge in [-0.3, -0.25) is 0 Å². The molecule has 0 atom stereocenters. The number of aryl methyl sites for hydroxylation is 1. The first kappa shape index (κ1) is 13.1. The second-order valence-corrected chi connectivity index (χ2v) is 4.75. The van der Waals surface area contributed by atoms with E-state index in [4.69, 9.17) is 4.74 Å². The number of ether oxygens (including phenoxy) is 1. The van der Waals surface area contributed by atoms with Crippen LogP contribution in [0, 0.1) is 6.92 Å². The molecule has 2 aromatic rings. The Hall–Kier alpha value is -1.30. The van der Waals surface area contributed by atoms with E-state index in [1.54, 1.807) is 18.4 Å². The van der Waals surface area contributed by atoms with Gasteiger partial charge in [0.15, 0.2) is 5.82 Å². The molecule has 0 radical (unpaired) electrons. The van der Waals surface area contributed by atoms with Crippen molar-refractivity contribution in [1.82, 2.24) is 15.3 Å². The second-order valence-electron chi connectivity index (χ2n) is 4.01. The average molecular weight is 263 g/mol. The van der Waals surface area contributed by atoms with Gasteiger partial charge in [0, 0.05) is 37.3 Å². The molecule has 0 aliphatic carbocycles. The van der Waals surface area contributed by atoms with Crippen LogP contribution in [-0.4, -0.2) is 30.2 Å². The van der Waals surface area contributed by atoms with Gasteiger partial charge in [-0.15, -0.1) is 0 Å². The number of thiophene rings is 1. The lowest BCUT2D eigenvalue weighted by atomic mass is 10.2. The summed E-state index contributed by atoms with van der Waals surface area (Å²) in [6, 6.07) is 1.94. The van der Waals surface area contributed by atoms with Gasteiger partial charge in [0.05, 0.1) is 12.3 Å². The highest BCUT2D eigenvalue weighted by atomic mass is 32.1. The summed E-state index contributed by atoms with van der Waals surface area (Å²) >= 11 is 1.68. The lowest BCUT2D eigenvalue weighted by Crippen LogP contribution is -2.19. The third-order valence-electron chi connectivity index (χ3n) is 2.60. The van der Waals surface area contributed by atoms with Crippen LogP contribution in [-0.2, 0) is 11.3 Å². The molecule has 0 saturated heterocycles. The summed E-state index contributed by atoms with van der Waals surface area (Å²) in [6.45, 7) is 4.36. The Morgan fingerprint density at radius 3 is 3.00 bits per heavy atom. The molecule has 2 aromatic heterocycles. The summed E-state index contributed by atoms with van der Waals surface area (Å²) in [7, 11) is 1.70. The first-order valence-corrected chi connectivity index (χ1v) is 6.80. The maximum atomic E-state index is 4.98. The maximum Gasteiger partial charge on any atom is 0.160 e. The highest BCUT2D eigenvalue weighted by Crippen LogP contribution is 2.23. The molecular formula is C13H17N3OS. The number of methoxy groups -OCH3 is 1. The van der Waals surface area contributed by atoms with Crippen LogP contribution < -0.4 is 5.32 Å². The molecule has 0 saturated carbocycles. The van der Waals surface area contributed by atoms with Crippen molar-refractivity contribution in [2.75, 3.05) is 20.3 Å². The number of nitrogens with zero attached hydrogens (tertiary/aromatic N) is 2. The third kappa shape index (κ3) is 3.35. The van der Waals surface area contributed by atoms with Gasteiger partial charge in [0.2, 0.25) is 0 Å². The summed E-state index contributed by atoms with van der Waals surface area (Å²) in [6.07, 6.45) is 1.81. The molecule has 0 aromatic carbocycles. The minimum Gasteiger partial charge on any atom is -0.383 e. The maximum absolute atomic E-state index is 4.98. The normalized spacial score (nSPS) is 10.8.